The van der Waals surface area contributed by atoms with E-state index in [0.29, 0.717) is 5.56 Å². The molecule has 0 saturated carbocycles. The zero-order chi connectivity index (χ0) is 17.5. The molecular weight excluding hydrogens is 329 g/mol. The first-order valence-electron chi connectivity index (χ1n) is 7.43. The van der Waals surface area contributed by atoms with Crippen LogP contribution in [0.25, 0.3) is 0 Å². The summed E-state index contributed by atoms with van der Waals surface area (Å²) in [5, 5.41) is 2.86. The van der Waals surface area contributed by atoms with Crippen LogP contribution in [0.4, 0.5) is 4.39 Å². The molecule has 0 aliphatic rings. The average Bonchev–Trinajstić information content (AvgIpc) is 2.60. The monoisotopic (exact) mass is 349 g/mol. The highest BCUT2D eigenvalue weighted by Gasteiger charge is 2.12. The van der Waals surface area contributed by atoms with E-state index < -0.39 is 5.82 Å². The molecule has 0 heterocycles. The van der Waals surface area contributed by atoms with Crippen LogP contribution in [0.5, 0.6) is 11.5 Å². The molecule has 1 N–H and O–H groups in total. The quantitative estimate of drug-likeness (QED) is 0.772. The summed E-state index contributed by atoms with van der Waals surface area (Å²) in [6, 6.07) is 11.9. The van der Waals surface area contributed by atoms with Gasteiger partial charge in [0, 0.05) is 4.90 Å². The van der Waals surface area contributed by atoms with Gasteiger partial charge in [-0.2, -0.15) is 0 Å². The van der Waals surface area contributed by atoms with E-state index >= 15 is 0 Å². The molecule has 6 heteroatoms. The van der Waals surface area contributed by atoms with Crippen molar-refractivity contribution in [3.8, 4) is 11.5 Å². The molecule has 128 valence electrons. The number of methoxy groups -OCH3 is 2. The summed E-state index contributed by atoms with van der Waals surface area (Å²) in [6.07, 6.45) is 0. The van der Waals surface area contributed by atoms with Gasteiger partial charge in [0.05, 0.1) is 26.0 Å². The first-order chi connectivity index (χ1) is 11.5. The summed E-state index contributed by atoms with van der Waals surface area (Å²) in [4.78, 5) is 13.0. The normalized spacial score (nSPS) is 11.7. The Morgan fingerprint density at radius 3 is 2.46 bits per heavy atom. The second-order valence-electron chi connectivity index (χ2n) is 5.15. The number of nitrogens with one attached hydrogen (secondary N) is 1. The number of benzene rings is 2. The van der Waals surface area contributed by atoms with E-state index in [1.165, 1.54) is 24.9 Å². The highest BCUT2D eigenvalue weighted by atomic mass is 32.2. The Bertz CT molecular complexity index is 691. The predicted molar refractivity (Wildman–Crippen MR) is 93.2 cm³/mol. The second kappa shape index (κ2) is 8.59. The fourth-order valence-electron chi connectivity index (χ4n) is 2.14. The number of hydrogen-bond donors (Lipinski definition) is 1. The summed E-state index contributed by atoms with van der Waals surface area (Å²) in [5.74, 6) is 0.699. The lowest BCUT2D eigenvalue weighted by molar-refractivity contribution is -0.119. The minimum atomic E-state index is -0.441. The van der Waals surface area contributed by atoms with Gasteiger partial charge in [0.1, 0.15) is 5.75 Å². The van der Waals surface area contributed by atoms with Crippen molar-refractivity contribution in [2.45, 2.75) is 17.9 Å². The number of rotatable bonds is 7. The lowest BCUT2D eigenvalue weighted by Crippen LogP contribution is -2.28. The zero-order valence-corrected chi connectivity index (χ0v) is 14.7. The molecule has 0 bridgehead atoms. The highest BCUT2D eigenvalue weighted by molar-refractivity contribution is 8.00. The number of amides is 1. The second-order valence-corrected chi connectivity index (χ2v) is 6.20. The van der Waals surface area contributed by atoms with Gasteiger partial charge in [0.25, 0.3) is 0 Å². The van der Waals surface area contributed by atoms with E-state index in [2.05, 4.69) is 5.32 Å². The van der Waals surface area contributed by atoms with E-state index in [1.54, 1.807) is 19.2 Å². The molecule has 24 heavy (non-hydrogen) atoms. The van der Waals surface area contributed by atoms with Crippen LogP contribution in [0.2, 0.25) is 0 Å². The average molecular weight is 349 g/mol. The van der Waals surface area contributed by atoms with Gasteiger partial charge in [-0.05, 0) is 48.9 Å². The van der Waals surface area contributed by atoms with E-state index in [1.807, 2.05) is 31.2 Å². The number of carbonyl (C=O) groups excluding carboxylic acids is 1. The van der Waals surface area contributed by atoms with E-state index in [9.17, 15) is 9.18 Å². The van der Waals surface area contributed by atoms with Crippen LogP contribution in [0.3, 0.4) is 0 Å². The Labute approximate surface area is 145 Å². The van der Waals surface area contributed by atoms with E-state index in [0.717, 1.165) is 10.6 Å². The Kier molecular flexibility index (Phi) is 6.49. The molecule has 0 unspecified atom stereocenters. The highest BCUT2D eigenvalue weighted by Crippen LogP contribution is 2.23. The molecule has 0 spiro atoms. The summed E-state index contributed by atoms with van der Waals surface area (Å²) in [6.45, 7) is 1.82. The Morgan fingerprint density at radius 1 is 1.17 bits per heavy atom. The summed E-state index contributed by atoms with van der Waals surface area (Å²) < 4.78 is 23.7. The van der Waals surface area contributed by atoms with Gasteiger partial charge in [-0.1, -0.05) is 6.07 Å². The fraction of sp³-hybridized carbons (Fsp3) is 0.278. The van der Waals surface area contributed by atoms with Crippen LogP contribution in [0, 0.1) is 5.82 Å². The van der Waals surface area contributed by atoms with Crippen LogP contribution >= 0.6 is 11.8 Å². The zero-order valence-electron chi connectivity index (χ0n) is 13.8. The summed E-state index contributed by atoms with van der Waals surface area (Å²) in [5.41, 5.74) is 0.691. The third-order valence-corrected chi connectivity index (χ3v) is 4.49. The fourth-order valence-corrected chi connectivity index (χ4v) is 2.85. The van der Waals surface area contributed by atoms with Crippen molar-refractivity contribution < 1.29 is 18.7 Å². The molecule has 2 rings (SSSR count). The van der Waals surface area contributed by atoms with E-state index in [-0.39, 0.29) is 23.5 Å². The molecule has 1 amide bonds. The SMILES string of the molecule is COc1ccc(SCC(=O)N[C@H](C)c2ccc(OC)c(F)c2)cc1. The van der Waals surface area contributed by atoms with Crippen LogP contribution < -0.4 is 14.8 Å². The number of ether oxygens (including phenoxy) is 2. The Hall–Kier alpha value is -2.21. The first kappa shape index (κ1) is 18.1. The number of carbonyl (C=O) groups is 1. The van der Waals surface area contributed by atoms with Gasteiger partial charge < -0.3 is 14.8 Å². The van der Waals surface area contributed by atoms with Crippen LogP contribution in [-0.2, 0) is 4.79 Å². The molecule has 0 saturated heterocycles. The lowest BCUT2D eigenvalue weighted by atomic mass is 10.1. The molecular formula is C18H20FNO3S. The summed E-state index contributed by atoms with van der Waals surface area (Å²) >= 11 is 1.43. The Balaban J connectivity index is 1.87. The largest absolute Gasteiger partial charge is 0.497 e. The predicted octanol–water partition coefficient (Wildman–Crippen LogP) is 3.81. The summed E-state index contributed by atoms with van der Waals surface area (Å²) in [7, 11) is 3.03. The van der Waals surface area contributed by atoms with Crippen molar-refractivity contribution >= 4 is 17.7 Å². The van der Waals surface area contributed by atoms with Crippen LogP contribution in [0.1, 0.15) is 18.5 Å². The lowest BCUT2D eigenvalue weighted by Gasteiger charge is -2.15. The van der Waals surface area contributed by atoms with Crippen molar-refractivity contribution in [1.82, 2.24) is 5.32 Å². The molecule has 4 nitrogen and oxygen atoms in total. The van der Waals surface area contributed by atoms with Crippen molar-refractivity contribution in [2.75, 3.05) is 20.0 Å². The number of hydrogen-bond acceptors (Lipinski definition) is 4. The van der Waals surface area contributed by atoms with Crippen LogP contribution in [0.15, 0.2) is 47.4 Å². The van der Waals surface area contributed by atoms with Crippen molar-refractivity contribution in [3.05, 3.63) is 53.8 Å². The maximum atomic E-state index is 13.7. The smallest absolute Gasteiger partial charge is 0.230 e. The third-order valence-electron chi connectivity index (χ3n) is 3.48. The molecule has 2 aromatic rings. The topological polar surface area (TPSA) is 47.6 Å². The minimum Gasteiger partial charge on any atom is -0.497 e. The number of thioether (sulfide) groups is 1. The molecule has 0 fully saturated rings. The van der Waals surface area contributed by atoms with Gasteiger partial charge in [0.15, 0.2) is 11.6 Å². The van der Waals surface area contributed by atoms with Crippen LogP contribution in [-0.4, -0.2) is 25.9 Å². The van der Waals surface area contributed by atoms with Crippen molar-refractivity contribution in [1.29, 1.82) is 0 Å². The Morgan fingerprint density at radius 2 is 1.88 bits per heavy atom. The maximum Gasteiger partial charge on any atom is 0.230 e. The maximum absolute atomic E-state index is 13.7. The molecule has 0 radical (unpaired) electrons. The van der Waals surface area contributed by atoms with Gasteiger partial charge in [-0.3, -0.25) is 4.79 Å². The number of halogens is 1. The van der Waals surface area contributed by atoms with Gasteiger partial charge in [-0.15, -0.1) is 11.8 Å². The standard InChI is InChI=1S/C18H20FNO3S/c1-12(13-4-9-17(23-3)16(19)10-13)20-18(21)11-24-15-7-5-14(22-2)6-8-15/h4-10,12H,11H2,1-3H3,(H,20,21)/t12-/m1/s1. The first-order valence-corrected chi connectivity index (χ1v) is 8.41. The molecule has 0 aliphatic heterocycles. The molecule has 0 aromatic heterocycles. The molecule has 1 atom stereocenters. The van der Waals surface area contributed by atoms with Crippen molar-refractivity contribution in [3.63, 3.8) is 0 Å². The van der Waals surface area contributed by atoms with Gasteiger partial charge in [0.2, 0.25) is 5.91 Å². The molecule has 2 aromatic carbocycles. The van der Waals surface area contributed by atoms with Crippen molar-refractivity contribution in [2.24, 2.45) is 0 Å². The van der Waals surface area contributed by atoms with Gasteiger partial charge in [-0.25, -0.2) is 4.39 Å². The molecule has 0 aliphatic carbocycles. The minimum absolute atomic E-state index is 0.112. The van der Waals surface area contributed by atoms with Gasteiger partial charge >= 0.3 is 0 Å². The van der Waals surface area contributed by atoms with E-state index in [4.69, 9.17) is 9.47 Å². The third kappa shape index (κ3) is 4.89.